The molecule has 0 fully saturated rings. The summed E-state index contributed by atoms with van der Waals surface area (Å²) in [6.45, 7) is 3.61. The number of nitrogens with one attached hydrogen (secondary N) is 1. The number of aromatic nitrogens is 1. The molecule has 0 aliphatic carbocycles. The maximum atomic E-state index is 12.0. The summed E-state index contributed by atoms with van der Waals surface area (Å²) in [5, 5.41) is 15.3. The fraction of sp³-hybridized carbons (Fsp3) is 0.583. The minimum absolute atomic E-state index is 0.0413. The van der Waals surface area contributed by atoms with Crippen molar-refractivity contribution in [2.45, 2.75) is 38.8 Å². The second-order valence-electron chi connectivity index (χ2n) is 4.16. The highest BCUT2D eigenvalue weighted by atomic mass is 16.5. The lowest BCUT2D eigenvalue weighted by molar-refractivity contribution is -0.144. The molecule has 0 aliphatic rings. The first kappa shape index (κ1) is 15.2. The summed E-state index contributed by atoms with van der Waals surface area (Å²) in [4.78, 5) is 23.2. The van der Waals surface area contributed by atoms with Crippen LogP contribution in [0.4, 0.5) is 0 Å². The van der Waals surface area contributed by atoms with Crippen molar-refractivity contribution in [3.63, 3.8) is 0 Å². The fourth-order valence-corrected chi connectivity index (χ4v) is 1.69. The predicted molar refractivity (Wildman–Crippen MR) is 65.6 cm³/mol. The first-order chi connectivity index (χ1) is 8.99. The zero-order valence-corrected chi connectivity index (χ0v) is 11.2. The van der Waals surface area contributed by atoms with Gasteiger partial charge >= 0.3 is 5.97 Å². The molecule has 0 saturated heterocycles. The summed E-state index contributed by atoms with van der Waals surface area (Å²) in [5.41, 5.74) is -1.24. The van der Waals surface area contributed by atoms with Gasteiger partial charge in [-0.3, -0.25) is 4.79 Å². The van der Waals surface area contributed by atoms with Crippen LogP contribution in [0.5, 0.6) is 0 Å². The Balaban J connectivity index is 2.84. The van der Waals surface area contributed by atoms with Gasteiger partial charge < -0.3 is 19.7 Å². The van der Waals surface area contributed by atoms with Gasteiger partial charge in [-0.15, -0.1) is 0 Å². The van der Waals surface area contributed by atoms with Gasteiger partial charge in [0.25, 0.3) is 5.91 Å². The lowest BCUT2D eigenvalue weighted by atomic mass is 9.93. The molecule has 1 heterocycles. The zero-order valence-electron chi connectivity index (χ0n) is 11.2. The Hall–Kier alpha value is -1.89. The van der Waals surface area contributed by atoms with E-state index >= 15 is 0 Å². The molecule has 0 bridgehead atoms. The third kappa shape index (κ3) is 3.31. The first-order valence-corrected chi connectivity index (χ1v) is 5.99. The van der Waals surface area contributed by atoms with Gasteiger partial charge in [-0.25, -0.2) is 4.79 Å². The van der Waals surface area contributed by atoms with E-state index in [0.717, 1.165) is 0 Å². The molecule has 1 amide bonds. The maximum Gasteiger partial charge on any atom is 0.329 e. The van der Waals surface area contributed by atoms with Crippen molar-refractivity contribution in [1.82, 2.24) is 10.5 Å². The normalized spacial score (nSPS) is 11.3. The van der Waals surface area contributed by atoms with Crippen LogP contribution in [-0.2, 0) is 16.1 Å². The van der Waals surface area contributed by atoms with Gasteiger partial charge in [0.05, 0.1) is 0 Å². The molecule has 0 saturated carbocycles. The van der Waals surface area contributed by atoms with Crippen LogP contribution in [0.25, 0.3) is 0 Å². The molecule has 0 radical (unpaired) electrons. The van der Waals surface area contributed by atoms with Crippen LogP contribution in [0.2, 0.25) is 0 Å². The second-order valence-corrected chi connectivity index (χ2v) is 4.16. The Kier molecular flexibility index (Phi) is 5.05. The molecule has 7 nitrogen and oxygen atoms in total. The Morgan fingerprint density at radius 3 is 2.58 bits per heavy atom. The van der Waals surface area contributed by atoms with Crippen LogP contribution in [0.15, 0.2) is 10.6 Å². The number of amides is 1. The number of carboxylic acid groups (broad SMARTS) is 1. The van der Waals surface area contributed by atoms with Gasteiger partial charge in [0.1, 0.15) is 12.1 Å². The predicted octanol–water partition coefficient (Wildman–Crippen LogP) is 1.19. The van der Waals surface area contributed by atoms with Gasteiger partial charge in [-0.1, -0.05) is 19.0 Å². The quantitative estimate of drug-likeness (QED) is 0.771. The molecular weight excluding hydrogens is 252 g/mol. The largest absolute Gasteiger partial charge is 0.480 e. The second kappa shape index (κ2) is 6.33. The third-order valence-electron chi connectivity index (χ3n) is 3.05. The molecule has 1 aromatic rings. The van der Waals surface area contributed by atoms with Crippen molar-refractivity contribution >= 4 is 11.9 Å². The number of carbonyl (C=O) groups excluding carboxylic acids is 1. The van der Waals surface area contributed by atoms with E-state index in [4.69, 9.17) is 9.26 Å². The highest BCUT2D eigenvalue weighted by Crippen LogP contribution is 2.16. The van der Waals surface area contributed by atoms with E-state index < -0.39 is 17.4 Å². The van der Waals surface area contributed by atoms with E-state index in [0.29, 0.717) is 5.76 Å². The molecule has 0 atom stereocenters. The summed E-state index contributed by atoms with van der Waals surface area (Å²) in [5.74, 6) is -1.23. The van der Waals surface area contributed by atoms with Crippen LogP contribution in [0, 0.1) is 0 Å². The Morgan fingerprint density at radius 2 is 2.11 bits per heavy atom. The minimum atomic E-state index is -1.28. The topological polar surface area (TPSA) is 102 Å². The van der Waals surface area contributed by atoms with Crippen molar-refractivity contribution < 1.29 is 24.0 Å². The van der Waals surface area contributed by atoms with Crippen LogP contribution >= 0.6 is 0 Å². The fourth-order valence-electron chi connectivity index (χ4n) is 1.69. The van der Waals surface area contributed by atoms with Gasteiger partial charge in [0.15, 0.2) is 11.5 Å². The van der Waals surface area contributed by atoms with Gasteiger partial charge in [-0.05, 0) is 12.8 Å². The summed E-state index contributed by atoms with van der Waals surface area (Å²) in [6, 6.07) is 1.43. The number of methoxy groups -OCH3 is 1. The number of hydrogen-bond acceptors (Lipinski definition) is 5. The monoisotopic (exact) mass is 270 g/mol. The van der Waals surface area contributed by atoms with Crippen molar-refractivity contribution in [3.8, 4) is 0 Å². The van der Waals surface area contributed by atoms with E-state index in [1.807, 2.05) is 0 Å². The van der Waals surface area contributed by atoms with Gasteiger partial charge in [0.2, 0.25) is 0 Å². The number of rotatable bonds is 7. The standard InChI is InChI=1S/C12H18N2O5/c1-4-12(5-2,11(16)17)13-10(15)9-6-8(7-18-3)19-14-9/h6H,4-5,7H2,1-3H3,(H,13,15)(H,16,17). The molecule has 0 aromatic carbocycles. The lowest BCUT2D eigenvalue weighted by Gasteiger charge is -2.27. The van der Waals surface area contributed by atoms with Crippen molar-refractivity contribution in [2.24, 2.45) is 0 Å². The molecule has 0 unspecified atom stereocenters. The number of carboxylic acids is 1. The summed E-state index contributed by atoms with van der Waals surface area (Å²) >= 11 is 0. The highest BCUT2D eigenvalue weighted by Gasteiger charge is 2.37. The number of hydrogen-bond donors (Lipinski definition) is 2. The van der Waals surface area contributed by atoms with E-state index in [2.05, 4.69) is 10.5 Å². The smallest absolute Gasteiger partial charge is 0.329 e. The lowest BCUT2D eigenvalue weighted by Crippen LogP contribution is -2.53. The Labute approximate surface area is 110 Å². The molecule has 7 heteroatoms. The Morgan fingerprint density at radius 1 is 1.47 bits per heavy atom. The average molecular weight is 270 g/mol. The van der Waals surface area contributed by atoms with Crippen molar-refractivity contribution in [2.75, 3.05) is 7.11 Å². The minimum Gasteiger partial charge on any atom is -0.480 e. The summed E-state index contributed by atoms with van der Waals surface area (Å²) < 4.78 is 9.73. The van der Waals surface area contributed by atoms with Crippen LogP contribution < -0.4 is 5.32 Å². The SMILES string of the molecule is CCC(CC)(NC(=O)c1cc(COC)on1)C(=O)O. The van der Waals surface area contributed by atoms with Crippen LogP contribution in [0.3, 0.4) is 0 Å². The molecule has 106 valence electrons. The average Bonchev–Trinajstić information content (AvgIpc) is 2.84. The molecule has 19 heavy (non-hydrogen) atoms. The molecule has 1 rings (SSSR count). The number of carbonyl (C=O) groups is 2. The van der Waals surface area contributed by atoms with Crippen LogP contribution in [-0.4, -0.2) is 34.8 Å². The molecular formula is C12H18N2O5. The number of ether oxygens (including phenoxy) is 1. The third-order valence-corrected chi connectivity index (χ3v) is 3.05. The van der Waals surface area contributed by atoms with Gasteiger partial charge in [0, 0.05) is 13.2 Å². The summed E-state index contributed by atoms with van der Waals surface area (Å²) in [7, 11) is 1.49. The molecule has 0 spiro atoms. The highest BCUT2D eigenvalue weighted by molar-refractivity contribution is 5.96. The van der Waals surface area contributed by atoms with E-state index in [9.17, 15) is 14.7 Å². The van der Waals surface area contributed by atoms with Crippen LogP contribution in [0.1, 0.15) is 42.9 Å². The summed E-state index contributed by atoms with van der Waals surface area (Å²) in [6.07, 6.45) is 0.570. The van der Waals surface area contributed by atoms with E-state index in [1.165, 1.54) is 13.2 Å². The maximum absolute atomic E-state index is 12.0. The molecule has 2 N–H and O–H groups in total. The molecule has 0 aliphatic heterocycles. The van der Waals surface area contributed by atoms with E-state index in [-0.39, 0.29) is 25.1 Å². The van der Waals surface area contributed by atoms with E-state index in [1.54, 1.807) is 13.8 Å². The number of aliphatic carboxylic acids is 1. The molecule has 1 aromatic heterocycles. The van der Waals surface area contributed by atoms with Crippen molar-refractivity contribution in [1.29, 1.82) is 0 Å². The van der Waals surface area contributed by atoms with Gasteiger partial charge in [-0.2, -0.15) is 0 Å². The van der Waals surface area contributed by atoms with Crippen molar-refractivity contribution in [3.05, 3.63) is 17.5 Å². The zero-order chi connectivity index (χ0) is 14.5. The Bertz CT molecular complexity index is 451. The number of nitrogens with zero attached hydrogens (tertiary/aromatic N) is 1. The first-order valence-electron chi connectivity index (χ1n) is 5.99.